The summed E-state index contributed by atoms with van der Waals surface area (Å²) in [5.74, 6) is -0.860. The van der Waals surface area contributed by atoms with Crippen LogP contribution in [-0.4, -0.2) is 22.6 Å². The van der Waals surface area contributed by atoms with Gasteiger partial charge in [-0.2, -0.15) is 0 Å². The Kier molecular flexibility index (Phi) is 6.09. The summed E-state index contributed by atoms with van der Waals surface area (Å²) in [6.45, 7) is 5.56. The third-order valence-electron chi connectivity index (χ3n) is 5.48. The lowest BCUT2D eigenvalue weighted by atomic mass is 9.97. The minimum absolute atomic E-state index is 0.163. The van der Waals surface area contributed by atoms with Gasteiger partial charge in [-0.25, -0.2) is 0 Å². The van der Waals surface area contributed by atoms with Crippen molar-refractivity contribution >= 4 is 34.7 Å². The van der Waals surface area contributed by atoms with Gasteiger partial charge in [-0.3, -0.25) is 19.3 Å². The van der Waals surface area contributed by atoms with Crippen LogP contribution in [0.3, 0.4) is 0 Å². The van der Waals surface area contributed by atoms with Gasteiger partial charge < -0.3 is 10.6 Å². The number of hydrogen-bond donors (Lipinski definition) is 2. The minimum Gasteiger partial charge on any atom is -0.350 e. The molecule has 0 atom stereocenters. The molecule has 0 bridgehead atoms. The molecular formula is C27H25N3O3. The third-order valence-corrected chi connectivity index (χ3v) is 5.48. The maximum Gasteiger partial charge on any atom is 0.278 e. The highest BCUT2D eigenvalue weighted by molar-refractivity contribution is 6.36. The number of carbonyl (C=O) groups excluding carboxylic acids is 3. The molecule has 3 amide bonds. The second-order valence-corrected chi connectivity index (χ2v) is 8.13. The Hall–Kier alpha value is -4.19. The van der Waals surface area contributed by atoms with Crippen molar-refractivity contribution in [2.45, 2.75) is 27.3 Å². The first kappa shape index (κ1) is 22.0. The van der Waals surface area contributed by atoms with Gasteiger partial charge in [0, 0.05) is 18.3 Å². The van der Waals surface area contributed by atoms with Crippen molar-refractivity contribution in [3.8, 4) is 0 Å². The number of rotatable bonds is 6. The lowest BCUT2D eigenvalue weighted by molar-refractivity contribution is -0.137. The van der Waals surface area contributed by atoms with E-state index in [0.29, 0.717) is 16.9 Å². The normalized spacial score (nSPS) is 13.5. The Balaban J connectivity index is 1.72. The Morgan fingerprint density at radius 3 is 2.15 bits per heavy atom. The molecule has 33 heavy (non-hydrogen) atoms. The topological polar surface area (TPSA) is 78.5 Å². The Bertz CT molecular complexity index is 1260. The average Bonchev–Trinajstić information content (AvgIpc) is 3.00. The summed E-state index contributed by atoms with van der Waals surface area (Å²) >= 11 is 0. The van der Waals surface area contributed by atoms with E-state index in [1.807, 2.05) is 62.4 Å². The minimum atomic E-state index is -0.371. The maximum atomic E-state index is 13.5. The van der Waals surface area contributed by atoms with Crippen molar-refractivity contribution < 1.29 is 14.4 Å². The van der Waals surface area contributed by atoms with Gasteiger partial charge in [0.15, 0.2) is 0 Å². The van der Waals surface area contributed by atoms with Crippen molar-refractivity contribution in [3.63, 3.8) is 0 Å². The zero-order valence-corrected chi connectivity index (χ0v) is 18.8. The van der Waals surface area contributed by atoms with Gasteiger partial charge in [-0.1, -0.05) is 54.1 Å². The lowest BCUT2D eigenvalue weighted by Crippen LogP contribution is -2.32. The number of nitrogens with zero attached hydrogens (tertiary/aromatic N) is 1. The summed E-state index contributed by atoms with van der Waals surface area (Å²) in [5.41, 5.74) is 5.51. The molecule has 6 heteroatoms. The van der Waals surface area contributed by atoms with E-state index in [-0.39, 0.29) is 30.0 Å². The number of aryl methyl sites for hydroxylation is 2. The van der Waals surface area contributed by atoms with E-state index in [1.54, 1.807) is 24.3 Å². The second-order valence-electron chi connectivity index (χ2n) is 8.13. The molecule has 0 aromatic heterocycles. The molecule has 1 heterocycles. The highest BCUT2D eigenvalue weighted by Gasteiger charge is 2.39. The van der Waals surface area contributed by atoms with Crippen LogP contribution in [0, 0.1) is 13.8 Å². The van der Waals surface area contributed by atoms with Crippen molar-refractivity contribution in [2.24, 2.45) is 0 Å². The molecule has 3 aromatic carbocycles. The average molecular weight is 440 g/mol. The predicted octanol–water partition coefficient (Wildman–Crippen LogP) is 4.65. The van der Waals surface area contributed by atoms with Crippen LogP contribution < -0.4 is 10.6 Å². The molecule has 1 aliphatic heterocycles. The maximum absolute atomic E-state index is 13.5. The molecule has 3 aromatic rings. The standard InChI is InChI=1S/C27H25N3O3/c1-17-9-14-23(18(2)15-17)24-25(29-22-12-10-21(11-13-22)28-19(3)31)27(33)30(26(24)32)16-20-7-5-4-6-8-20/h4-15,29H,16H2,1-3H3,(H,28,31). The second kappa shape index (κ2) is 9.12. The monoisotopic (exact) mass is 439 g/mol. The number of carbonyl (C=O) groups is 3. The molecular weight excluding hydrogens is 414 g/mol. The zero-order chi connectivity index (χ0) is 23.5. The zero-order valence-electron chi connectivity index (χ0n) is 18.8. The summed E-state index contributed by atoms with van der Waals surface area (Å²) in [7, 11) is 0. The molecule has 0 saturated heterocycles. The highest BCUT2D eigenvalue weighted by atomic mass is 16.2. The molecule has 0 spiro atoms. The van der Waals surface area contributed by atoms with Crippen LogP contribution in [0.4, 0.5) is 11.4 Å². The van der Waals surface area contributed by atoms with Crippen LogP contribution in [0.2, 0.25) is 0 Å². The van der Waals surface area contributed by atoms with E-state index < -0.39 is 0 Å². The smallest absolute Gasteiger partial charge is 0.278 e. The molecule has 0 unspecified atom stereocenters. The van der Waals surface area contributed by atoms with Crippen molar-refractivity contribution in [1.29, 1.82) is 0 Å². The first-order valence-corrected chi connectivity index (χ1v) is 10.7. The van der Waals surface area contributed by atoms with Crippen LogP contribution in [0.15, 0.2) is 78.5 Å². The summed E-state index contributed by atoms with van der Waals surface area (Å²) in [6, 6.07) is 22.3. The molecule has 0 aliphatic carbocycles. The summed E-state index contributed by atoms with van der Waals surface area (Å²) in [4.78, 5) is 39.5. The highest BCUT2D eigenvalue weighted by Crippen LogP contribution is 2.33. The summed E-state index contributed by atoms with van der Waals surface area (Å²) in [5, 5.41) is 5.88. The Morgan fingerprint density at radius 2 is 1.52 bits per heavy atom. The molecule has 1 aliphatic rings. The van der Waals surface area contributed by atoms with Crippen molar-refractivity contribution in [2.75, 3.05) is 10.6 Å². The van der Waals surface area contributed by atoms with Gasteiger partial charge in [0.2, 0.25) is 5.91 Å². The summed E-state index contributed by atoms with van der Waals surface area (Å²) in [6.07, 6.45) is 0. The van der Waals surface area contributed by atoms with Crippen LogP contribution in [0.5, 0.6) is 0 Å². The lowest BCUT2D eigenvalue weighted by Gasteiger charge is -2.15. The first-order valence-electron chi connectivity index (χ1n) is 10.7. The van der Waals surface area contributed by atoms with Crippen LogP contribution in [-0.2, 0) is 20.9 Å². The number of imide groups is 1. The predicted molar refractivity (Wildman–Crippen MR) is 129 cm³/mol. The third kappa shape index (κ3) is 4.70. The first-order chi connectivity index (χ1) is 15.8. The van der Waals surface area contributed by atoms with Gasteiger partial charge in [0.25, 0.3) is 11.8 Å². The van der Waals surface area contributed by atoms with E-state index in [1.165, 1.54) is 11.8 Å². The van der Waals surface area contributed by atoms with E-state index in [9.17, 15) is 14.4 Å². The number of amides is 3. The quantitative estimate of drug-likeness (QED) is 0.548. The van der Waals surface area contributed by atoms with Gasteiger partial charge in [-0.15, -0.1) is 0 Å². The summed E-state index contributed by atoms with van der Waals surface area (Å²) < 4.78 is 0. The Labute approximate surface area is 192 Å². The number of hydrogen-bond acceptors (Lipinski definition) is 4. The number of anilines is 2. The SMILES string of the molecule is CC(=O)Nc1ccc(NC2=C(c3ccc(C)cc3C)C(=O)N(Cc3ccccc3)C2=O)cc1. The molecule has 2 N–H and O–H groups in total. The van der Waals surface area contributed by atoms with Crippen molar-refractivity contribution in [1.82, 2.24) is 4.90 Å². The molecule has 0 radical (unpaired) electrons. The Morgan fingerprint density at radius 1 is 0.848 bits per heavy atom. The van der Waals surface area contributed by atoms with Crippen molar-refractivity contribution in [3.05, 3.63) is 101 Å². The van der Waals surface area contributed by atoms with Gasteiger partial charge in [0.1, 0.15) is 5.70 Å². The molecule has 166 valence electrons. The number of benzene rings is 3. The molecule has 6 nitrogen and oxygen atoms in total. The molecule has 0 saturated carbocycles. The molecule has 4 rings (SSSR count). The van der Waals surface area contributed by atoms with Crippen LogP contribution in [0.25, 0.3) is 5.57 Å². The largest absolute Gasteiger partial charge is 0.350 e. The fourth-order valence-electron chi connectivity index (χ4n) is 3.93. The van der Waals surface area contributed by atoms with E-state index in [2.05, 4.69) is 10.6 Å². The van der Waals surface area contributed by atoms with E-state index in [4.69, 9.17) is 0 Å². The van der Waals surface area contributed by atoms with Gasteiger partial charge in [-0.05, 0) is 54.8 Å². The fourth-order valence-corrected chi connectivity index (χ4v) is 3.93. The fraction of sp³-hybridized carbons (Fsp3) is 0.148. The van der Waals surface area contributed by atoms with Gasteiger partial charge in [0.05, 0.1) is 12.1 Å². The van der Waals surface area contributed by atoms with Crippen LogP contribution >= 0.6 is 0 Å². The van der Waals surface area contributed by atoms with Gasteiger partial charge >= 0.3 is 0 Å². The molecule has 0 fully saturated rings. The number of nitrogens with one attached hydrogen (secondary N) is 2. The van der Waals surface area contributed by atoms with E-state index >= 15 is 0 Å². The van der Waals surface area contributed by atoms with E-state index in [0.717, 1.165) is 22.3 Å². The van der Waals surface area contributed by atoms with Crippen LogP contribution in [0.1, 0.15) is 29.2 Å².